The van der Waals surface area contributed by atoms with Crippen LogP contribution in [-0.4, -0.2) is 11.8 Å². The Kier molecular flexibility index (Phi) is 5.64. The first-order valence-corrected chi connectivity index (χ1v) is 8.20. The predicted octanol–water partition coefficient (Wildman–Crippen LogP) is 5.69. The van der Waals surface area contributed by atoms with Gasteiger partial charge in [0.1, 0.15) is 11.6 Å². The van der Waals surface area contributed by atoms with Crippen molar-refractivity contribution in [1.82, 2.24) is 0 Å². The SMILES string of the molecule is Fc1ccc(Br)c(F)c1CC(CCl)(CCl)c1ccccc1. The molecule has 2 rings (SSSR count). The Bertz CT molecular complexity index is 613. The lowest BCUT2D eigenvalue weighted by molar-refractivity contribution is 0.481. The van der Waals surface area contributed by atoms with Gasteiger partial charge >= 0.3 is 0 Å². The minimum absolute atomic E-state index is 0.00507. The predicted molar refractivity (Wildman–Crippen MR) is 87.3 cm³/mol. The molecule has 0 fully saturated rings. The molecule has 5 heteroatoms. The van der Waals surface area contributed by atoms with Crippen LogP contribution in [0.5, 0.6) is 0 Å². The lowest BCUT2D eigenvalue weighted by Crippen LogP contribution is -2.34. The zero-order valence-electron chi connectivity index (χ0n) is 11.1. The number of halogens is 5. The van der Waals surface area contributed by atoms with E-state index in [1.54, 1.807) is 0 Å². The lowest BCUT2D eigenvalue weighted by Gasteiger charge is -2.30. The first kappa shape index (κ1) is 16.7. The molecule has 2 aromatic rings. The maximum absolute atomic E-state index is 14.2. The second kappa shape index (κ2) is 7.08. The van der Waals surface area contributed by atoms with E-state index >= 15 is 0 Å². The van der Waals surface area contributed by atoms with Crippen LogP contribution < -0.4 is 0 Å². The molecule has 0 saturated carbocycles. The molecule has 0 amide bonds. The summed E-state index contributed by atoms with van der Waals surface area (Å²) >= 11 is 15.3. The topological polar surface area (TPSA) is 0 Å². The van der Waals surface area contributed by atoms with Gasteiger partial charge < -0.3 is 0 Å². The molecule has 0 N–H and O–H groups in total. The van der Waals surface area contributed by atoms with Gasteiger partial charge in [-0.15, -0.1) is 23.2 Å². The summed E-state index contributed by atoms with van der Waals surface area (Å²) in [6.07, 6.45) is 0.0983. The fourth-order valence-corrected chi connectivity index (χ4v) is 3.40. The normalized spacial score (nSPS) is 11.7. The number of rotatable bonds is 5. The summed E-state index contributed by atoms with van der Waals surface area (Å²) in [5.41, 5.74) is 0.149. The summed E-state index contributed by atoms with van der Waals surface area (Å²) in [4.78, 5) is 0. The van der Waals surface area contributed by atoms with Crippen LogP contribution in [0.1, 0.15) is 11.1 Å². The summed E-state index contributed by atoms with van der Waals surface area (Å²) in [6.45, 7) is 0. The molecule has 0 aliphatic rings. The van der Waals surface area contributed by atoms with Gasteiger partial charge in [0.15, 0.2) is 0 Å². The second-order valence-corrected chi connectivity index (χ2v) is 6.30. The Balaban J connectivity index is 2.49. The van der Waals surface area contributed by atoms with Crippen molar-refractivity contribution >= 4 is 39.1 Å². The van der Waals surface area contributed by atoms with Crippen LogP contribution in [0.15, 0.2) is 46.9 Å². The van der Waals surface area contributed by atoms with Crippen molar-refractivity contribution in [3.05, 3.63) is 69.7 Å². The highest BCUT2D eigenvalue weighted by atomic mass is 79.9. The molecule has 21 heavy (non-hydrogen) atoms. The van der Waals surface area contributed by atoms with Gasteiger partial charge in [0, 0.05) is 22.7 Å². The van der Waals surface area contributed by atoms with Crippen molar-refractivity contribution < 1.29 is 8.78 Å². The van der Waals surface area contributed by atoms with E-state index in [1.165, 1.54) is 12.1 Å². The van der Waals surface area contributed by atoms with E-state index in [0.29, 0.717) is 0 Å². The first-order valence-electron chi connectivity index (χ1n) is 6.34. The van der Waals surface area contributed by atoms with Crippen molar-refractivity contribution in [3.63, 3.8) is 0 Å². The minimum Gasteiger partial charge on any atom is -0.207 e. The van der Waals surface area contributed by atoms with Crippen LogP contribution >= 0.6 is 39.1 Å². The third kappa shape index (κ3) is 3.41. The van der Waals surface area contributed by atoms with Crippen LogP contribution in [0.3, 0.4) is 0 Å². The second-order valence-electron chi connectivity index (χ2n) is 4.91. The summed E-state index contributed by atoms with van der Waals surface area (Å²) in [7, 11) is 0. The maximum Gasteiger partial charge on any atom is 0.143 e. The highest BCUT2D eigenvalue weighted by Gasteiger charge is 2.33. The van der Waals surface area contributed by atoms with Crippen LogP contribution in [0, 0.1) is 11.6 Å². The molecule has 0 heterocycles. The van der Waals surface area contributed by atoms with Crippen LogP contribution in [0.25, 0.3) is 0 Å². The van der Waals surface area contributed by atoms with Gasteiger partial charge in [-0.25, -0.2) is 8.78 Å². The Labute approximate surface area is 141 Å². The molecular formula is C16H13BrCl2F2. The van der Waals surface area contributed by atoms with E-state index in [1.807, 2.05) is 30.3 Å². The molecule has 2 aromatic carbocycles. The molecule has 112 valence electrons. The number of alkyl halides is 2. The van der Waals surface area contributed by atoms with E-state index in [2.05, 4.69) is 15.9 Å². The molecule has 0 nitrogen and oxygen atoms in total. The van der Waals surface area contributed by atoms with E-state index < -0.39 is 17.0 Å². The van der Waals surface area contributed by atoms with Crippen LogP contribution in [0.4, 0.5) is 8.78 Å². The van der Waals surface area contributed by atoms with Crippen molar-refractivity contribution in [2.24, 2.45) is 0 Å². The van der Waals surface area contributed by atoms with Gasteiger partial charge in [-0.3, -0.25) is 0 Å². The van der Waals surface area contributed by atoms with Crippen LogP contribution in [-0.2, 0) is 11.8 Å². The van der Waals surface area contributed by atoms with Gasteiger partial charge in [-0.1, -0.05) is 30.3 Å². The van der Waals surface area contributed by atoms with Gasteiger partial charge in [-0.2, -0.15) is 0 Å². The van der Waals surface area contributed by atoms with Crippen molar-refractivity contribution in [2.45, 2.75) is 11.8 Å². The highest BCUT2D eigenvalue weighted by molar-refractivity contribution is 9.10. The third-order valence-corrected chi connectivity index (χ3v) is 5.19. The van der Waals surface area contributed by atoms with E-state index in [-0.39, 0.29) is 28.2 Å². The summed E-state index contributed by atoms with van der Waals surface area (Å²) in [5.74, 6) is -0.852. The maximum atomic E-state index is 14.2. The van der Waals surface area contributed by atoms with Crippen molar-refractivity contribution in [3.8, 4) is 0 Å². The smallest absolute Gasteiger partial charge is 0.143 e. The van der Waals surface area contributed by atoms with Gasteiger partial charge in [-0.05, 0) is 40.0 Å². The molecule has 0 spiro atoms. The zero-order chi connectivity index (χ0) is 15.5. The number of benzene rings is 2. The molecule has 0 radical (unpaired) electrons. The lowest BCUT2D eigenvalue weighted by atomic mass is 9.78. The molecule has 0 unspecified atom stereocenters. The van der Waals surface area contributed by atoms with E-state index in [9.17, 15) is 8.78 Å². The fraction of sp³-hybridized carbons (Fsp3) is 0.250. The van der Waals surface area contributed by atoms with Gasteiger partial charge in [0.25, 0.3) is 0 Å². The van der Waals surface area contributed by atoms with Gasteiger partial charge in [0.05, 0.1) is 4.47 Å². The van der Waals surface area contributed by atoms with E-state index in [4.69, 9.17) is 23.2 Å². The third-order valence-electron chi connectivity index (χ3n) is 3.55. The Morgan fingerprint density at radius 1 is 0.952 bits per heavy atom. The monoisotopic (exact) mass is 392 g/mol. The standard InChI is InChI=1S/C16H13BrCl2F2/c17-13-6-7-14(20)12(15(13)21)8-16(9-18,10-19)11-4-2-1-3-5-11/h1-7H,8-10H2. The zero-order valence-corrected chi connectivity index (χ0v) is 14.2. The average molecular weight is 394 g/mol. The van der Waals surface area contributed by atoms with Crippen molar-refractivity contribution in [1.29, 1.82) is 0 Å². The molecule has 0 atom stereocenters. The van der Waals surface area contributed by atoms with Gasteiger partial charge in [0.2, 0.25) is 0 Å². The quantitative estimate of drug-likeness (QED) is 0.452. The summed E-state index contributed by atoms with van der Waals surface area (Å²) < 4.78 is 28.4. The average Bonchev–Trinajstić information content (AvgIpc) is 2.53. The Morgan fingerprint density at radius 2 is 1.57 bits per heavy atom. The molecule has 0 bridgehead atoms. The number of hydrogen-bond acceptors (Lipinski definition) is 0. The first-order chi connectivity index (χ1) is 10.0. The molecule has 0 aromatic heterocycles. The molecule has 0 saturated heterocycles. The molecule has 0 aliphatic heterocycles. The highest BCUT2D eigenvalue weighted by Crippen LogP contribution is 2.34. The molecule has 0 aliphatic carbocycles. The van der Waals surface area contributed by atoms with Crippen molar-refractivity contribution in [2.75, 3.05) is 11.8 Å². The Hall–Kier alpha value is -0.640. The minimum atomic E-state index is -0.715. The fourth-order valence-electron chi connectivity index (χ4n) is 2.25. The summed E-state index contributed by atoms with van der Waals surface area (Å²) in [5, 5.41) is 0. The largest absolute Gasteiger partial charge is 0.207 e. The number of hydrogen-bond donors (Lipinski definition) is 0. The van der Waals surface area contributed by atoms with Crippen LogP contribution in [0.2, 0.25) is 0 Å². The van der Waals surface area contributed by atoms with E-state index in [0.717, 1.165) is 5.56 Å². The molecular weight excluding hydrogens is 381 g/mol. The summed E-state index contributed by atoms with van der Waals surface area (Å²) in [6, 6.07) is 11.9. The Morgan fingerprint density at radius 3 is 2.14 bits per heavy atom.